The molecule has 2 nitrogen and oxygen atoms in total. The molecule has 0 radical (unpaired) electrons. The van der Waals surface area contributed by atoms with Crippen molar-refractivity contribution in [2.24, 2.45) is 10.8 Å². The van der Waals surface area contributed by atoms with Crippen LogP contribution in [-0.4, -0.2) is 24.6 Å². The molecule has 2 aliphatic rings. The second-order valence-electron chi connectivity index (χ2n) is 8.07. The molecular formula is C18H26BrNO. The Bertz CT molecular complexity index is 542. The average molecular weight is 352 g/mol. The Hall–Kier alpha value is -0.540. The number of ether oxygens (including phenoxy) is 1. The quantitative estimate of drug-likeness (QED) is 0.770. The zero-order valence-electron chi connectivity index (χ0n) is 13.6. The first-order valence-electron chi connectivity index (χ1n) is 7.87. The first kappa shape index (κ1) is 15.4. The Morgan fingerprint density at radius 2 is 2.05 bits per heavy atom. The molecule has 1 aromatic carbocycles. The van der Waals surface area contributed by atoms with Gasteiger partial charge in [-0.1, -0.05) is 36.7 Å². The molecule has 2 unspecified atom stereocenters. The predicted molar refractivity (Wildman–Crippen MR) is 90.6 cm³/mol. The van der Waals surface area contributed by atoms with Crippen LogP contribution >= 0.6 is 15.9 Å². The fraction of sp³-hybridized carbons (Fsp3) is 0.667. The number of methoxy groups -OCH3 is 1. The molecule has 2 fully saturated rings. The maximum atomic E-state index is 5.54. The number of halogens is 1. The Kier molecular flexibility index (Phi) is 3.86. The minimum absolute atomic E-state index is 0.480. The summed E-state index contributed by atoms with van der Waals surface area (Å²) in [5.41, 5.74) is 2.26. The van der Waals surface area contributed by atoms with Crippen molar-refractivity contribution in [1.29, 1.82) is 0 Å². The van der Waals surface area contributed by atoms with E-state index in [2.05, 4.69) is 59.8 Å². The van der Waals surface area contributed by atoms with Crippen molar-refractivity contribution < 1.29 is 4.74 Å². The van der Waals surface area contributed by atoms with Gasteiger partial charge in [-0.05, 0) is 48.3 Å². The third-order valence-corrected chi connectivity index (χ3v) is 5.63. The van der Waals surface area contributed by atoms with E-state index in [1.54, 1.807) is 7.11 Å². The van der Waals surface area contributed by atoms with Gasteiger partial charge in [0.2, 0.25) is 0 Å². The van der Waals surface area contributed by atoms with E-state index in [0.29, 0.717) is 10.8 Å². The minimum atomic E-state index is 0.480. The normalized spacial score (nSPS) is 31.4. The number of hydrogen-bond acceptors (Lipinski definition) is 2. The predicted octanol–water partition coefficient (Wildman–Crippen LogP) is 4.86. The van der Waals surface area contributed by atoms with Crippen LogP contribution in [0.25, 0.3) is 0 Å². The van der Waals surface area contributed by atoms with Gasteiger partial charge in [-0.15, -0.1) is 0 Å². The maximum Gasteiger partial charge on any atom is 0.123 e. The molecule has 1 heterocycles. The first-order valence-corrected chi connectivity index (χ1v) is 8.66. The lowest BCUT2D eigenvalue weighted by Crippen LogP contribution is -2.34. The molecule has 2 bridgehead atoms. The molecule has 0 amide bonds. The summed E-state index contributed by atoms with van der Waals surface area (Å²) in [5, 5.41) is 0. The van der Waals surface area contributed by atoms with Crippen molar-refractivity contribution in [3.05, 3.63) is 28.2 Å². The van der Waals surface area contributed by atoms with Crippen molar-refractivity contribution >= 4 is 15.9 Å². The highest BCUT2D eigenvalue weighted by atomic mass is 79.9. The van der Waals surface area contributed by atoms with Crippen LogP contribution < -0.4 is 4.74 Å². The summed E-state index contributed by atoms with van der Waals surface area (Å²) in [7, 11) is 1.76. The smallest absolute Gasteiger partial charge is 0.123 e. The Balaban J connectivity index is 1.82. The van der Waals surface area contributed by atoms with E-state index in [1.165, 1.54) is 31.4 Å². The molecule has 1 aliphatic heterocycles. The SMILES string of the molecule is COc1ccc(Br)cc1CN1CC2(C)CC1CC(C)(C)C2. The van der Waals surface area contributed by atoms with Crippen molar-refractivity contribution in [3.63, 3.8) is 0 Å². The number of benzene rings is 1. The minimum Gasteiger partial charge on any atom is -0.496 e. The number of nitrogens with zero attached hydrogens (tertiary/aromatic N) is 1. The number of rotatable bonds is 3. The third kappa shape index (κ3) is 3.14. The standard InChI is InChI=1S/C18H26BrNO/c1-17(2)8-15-9-18(3,11-17)12-20(15)10-13-7-14(19)5-6-16(13)21-4/h5-7,15H,8-12H2,1-4H3. The largest absolute Gasteiger partial charge is 0.496 e. The fourth-order valence-corrected chi connectivity index (χ4v) is 5.26. The zero-order chi connectivity index (χ0) is 15.3. The first-order chi connectivity index (χ1) is 9.80. The second kappa shape index (κ2) is 5.27. The van der Waals surface area contributed by atoms with Crippen LogP contribution in [0.3, 0.4) is 0 Å². The summed E-state index contributed by atoms with van der Waals surface area (Å²) in [4.78, 5) is 2.68. The lowest BCUT2D eigenvalue weighted by atomic mass is 9.65. The highest BCUT2D eigenvalue weighted by molar-refractivity contribution is 9.10. The van der Waals surface area contributed by atoms with Gasteiger partial charge in [0.15, 0.2) is 0 Å². The summed E-state index contributed by atoms with van der Waals surface area (Å²) in [6, 6.07) is 7.04. The lowest BCUT2D eigenvalue weighted by molar-refractivity contribution is 0.126. The van der Waals surface area contributed by atoms with Crippen molar-refractivity contribution in [2.75, 3.05) is 13.7 Å². The van der Waals surface area contributed by atoms with Gasteiger partial charge in [0, 0.05) is 29.2 Å². The molecule has 3 heteroatoms. The average Bonchev–Trinajstić information content (AvgIpc) is 2.58. The second-order valence-corrected chi connectivity index (χ2v) is 8.99. The van der Waals surface area contributed by atoms with Gasteiger partial charge in [0.25, 0.3) is 0 Å². The molecule has 21 heavy (non-hydrogen) atoms. The molecule has 1 aliphatic carbocycles. The van der Waals surface area contributed by atoms with E-state index < -0.39 is 0 Å². The molecule has 0 aromatic heterocycles. The van der Waals surface area contributed by atoms with Crippen molar-refractivity contribution in [1.82, 2.24) is 4.90 Å². The van der Waals surface area contributed by atoms with E-state index in [9.17, 15) is 0 Å². The van der Waals surface area contributed by atoms with Gasteiger partial charge in [-0.3, -0.25) is 4.90 Å². The van der Waals surface area contributed by atoms with Crippen LogP contribution in [0.4, 0.5) is 0 Å². The molecule has 1 saturated heterocycles. The highest BCUT2D eigenvalue weighted by Crippen LogP contribution is 2.52. The molecular weight excluding hydrogens is 326 g/mol. The maximum absolute atomic E-state index is 5.54. The zero-order valence-corrected chi connectivity index (χ0v) is 15.2. The Morgan fingerprint density at radius 1 is 1.29 bits per heavy atom. The molecule has 2 atom stereocenters. The Labute approximate surface area is 137 Å². The summed E-state index contributed by atoms with van der Waals surface area (Å²) >= 11 is 3.59. The monoisotopic (exact) mass is 351 g/mol. The molecule has 0 N–H and O–H groups in total. The van der Waals surface area contributed by atoms with E-state index in [1.807, 2.05) is 0 Å². The van der Waals surface area contributed by atoms with Crippen LogP contribution in [0.1, 0.15) is 45.6 Å². The van der Waals surface area contributed by atoms with Crippen molar-refractivity contribution in [3.8, 4) is 5.75 Å². The molecule has 116 valence electrons. The van der Waals surface area contributed by atoms with E-state index in [-0.39, 0.29) is 0 Å². The topological polar surface area (TPSA) is 12.5 Å². The van der Waals surface area contributed by atoms with Crippen LogP contribution in [0.5, 0.6) is 5.75 Å². The van der Waals surface area contributed by atoms with Gasteiger partial charge < -0.3 is 4.74 Å². The summed E-state index contributed by atoms with van der Waals surface area (Å²) in [6.45, 7) is 9.55. The van der Waals surface area contributed by atoms with Crippen LogP contribution in [0.2, 0.25) is 0 Å². The number of hydrogen-bond donors (Lipinski definition) is 0. The summed E-state index contributed by atoms with van der Waals surface area (Å²) in [6.07, 6.45) is 4.02. The van der Waals surface area contributed by atoms with E-state index in [4.69, 9.17) is 4.74 Å². The number of likely N-dealkylation sites (tertiary alicyclic amines) is 1. The lowest BCUT2D eigenvalue weighted by Gasteiger charge is -2.40. The fourth-order valence-electron chi connectivity index (χ4n) is 4.85. The van der Waals surface area contributed by atoms with Gasteiger partial charge in [0.05, 0.1) is 7.11 Å². The third-order valence-electron chi connectivity index (χ3n) is 5.14. The van der Waals surface area contributed by atoms with Crippen LogP contribution in [0, 0.1) is 10.8 Å². The molecule has 3 rings (SSSR count). The highest BCUT2D eigenvalue weighted by Gasteiger charge is 2.49. The van der Waals surface area contributed by atoms with E-state index >= 15 is 0 Å². The van der Waals surface area contributed by atoms with Gasteiger partial charge in [-0.25, -0.2) is 0 Å². The molecule has 0 spiro atoms. The number of fused-ring (bicyclic) bond motifs is 2. The van der Waals surface area contributed by atoms with Crippen LogP contribution in [-0.2, 0) is 6.54 Å². The summed E-state index contributed by atoms with van der Waals surface area (Å²) < 4.78 is 6.67. The Morgan fingerprint density at radius 3 is 2.76 bits per heavy atom. The van der Waals surface area contributed by atoms with E-state index in [0.717, 1.165) is 22.8 Å². The molecule has 1 saturated carbocycles. The van der Waals surface area contributed by atoms with Crippen molar-refractivity contribution in [2.45, 2.75) is 52.6 Å². The van der Waals surface area contributed by atoms with Gasteiger partial charge >= 0.3 is 0 Å². The van der Waals surface area contributed by atoms with Crippen LogP contribution in [0.15, 0.2) is 22.7 Å². The van der Waals surface area contributed by atoms with Gasteiger partial charge in [-0.2, -0.15) is 0 Å². The molecule has 1 aromatic rings. The summed E-state index contributed by atoms with van der Waals surface area (Å²) in [5.74, 6) is 1.00. The van der Waals surface area contributed by atoms with Gasteiger partial charge in [0.1, 0.15) is 5.75 Å².